The number of hydrogen-bond acceptors (Lipinski definition) is 4. The monoisotopic (exact) mass is 373 g/mol. The third kappa shape index (κ3) is 4.73. The maximum atomic E-state index is 12.5. The Morgan fingerprint density at radius 1 is 1.04 bits per heavy atom. The van der Waals surface area contributed by atoms with Crippen molar-refractivity contribution in [2.45, 2.75) is 6.42 Å². The summed E-state index contributed by atoms with van der Waals surface area (Å²) in [4.78, 5) is 32.4. The van der Waals surface area contributed by atoms with E-state index in [1.807, 2.05) is 0 Å². The van der Waals surface area contributed by atoms with Crippen molar-refractivity contribution in [2.24, 2.45) is 0 Å². The number of benzene rings is 1. The maximum absolute atomic E-state index is 12.5. The summed E-state index contributed by atoms with van der Waals surface area (Å²) in [6.07, 6.45) is 3.94. The second-order valence-electron chi connectivity index (χ2n) is 6.01. The first-order chi connectivity index (χ1) is 12.6. The number of rotatable bonds is 4. The highest BCUT2D eigenvalue weighted by Crippen LogP contribution is 2.16. The molecule has 0 bridgehead atoms. The fourth-order valence-corrected chi connectivity index (χ4v) is 2.93. The molecule has 0 N–H and O–H groups in total. The lowest BCUT2D eigenvalue weighted by Crippen LogP contribution is -2.39. The van der Waals surface area contributed by atoms with Gasteiger partial charge in [0.2, 0.25) is 0 Å². The van der Waals surface area contributed by atoms with Crippen LogP contribution in [0.1, 0.15) is 16.8 Å². The van der Waals surface area contributed by atoms with Gasteiger partial charge in [0, 0.05) is 43.6 Å². The minimum Gasteiger partial charge on any atom is -0.484 e. The normalized spacial score (nSPS) is 14.7. The zero-order chi connectivity index (χ0) is 18.4. The Bertz CT molecular complexity index is 752. The fraction of sp³-hybridized carbons (Fsp3) is 0.316. The Hall–Kier alpha value is -2.60. The number of halogens is 1. The van der Waals surface area contributed by atoms with Crippen molar-refractivity contribution >= 4 is 23.4 Å². The van der Waals surface area contributed by atoms with E-state index in [9.17, 15) is 9.59 Å². The van der Waals surface area contributed by atoms with E-state index in [0.29, 0.717) is 42.5 Å². The lowest BCUT2D eigenvalue weighted by atomic mass is 10.2. The van der Waals surface area contributed by atoms with Gasteiger partial charge in [0.1, 0.15) is 5.75 Å². The summed E-state index contributed by atoms with van der Waals surface area (Å²) in [7, 11) is 0. The highest BCUT2D eigenvalue weighted by molar-refractivity contribution is 6.30. The highest BCUT2D eigenvalue weighted by Gasteiger charge is 2.23. The Labute approximate surface area is 157 Å². The van der Waals surface area contributed by atoms with Gasteiger partial charge in [-0.1, -0.05) is 11.6 Å². The summed E-state index contributed by atoms with van der Waals surface area (Å²) >= 11 is 5.83. The molecule has 2 amide bonds. The van der Waals surface area contributed by atoms with Gasteiger partial charge in [-0.25, -0.2) is 0 Å². The van der Waals surface area contributed by atoms with E-state index in [-0.39, 0.29) is 18.4 Å². The van der Waals surface area contributed by atoms with E-state index in [1.165, 1.54) is 0 Å². The molecule has 7 heteroatoms. The van der Waals surface area contributed by atoms with Gasteiger partial charge in [0.15, 0.2) is 6.61 Å². The van der Waals surface area contributed by atoms with E-state index in [4.69, 9.17) is 16.3 Å². The van der Waals surface area contributed by atoms with Crippen molar-refractivity contribution < 1.29 is 14.3 Å². The van der Waals surface area contributed by atoms with Crippen LogP contribution in [0, 0.1) is 0 Å². The molecule has 1 aromatic carbocycles. The van der Waals surface area contributed by atoms with Crippen molar-refractivity contribution in [1.82, 2.24) is 14.8 Å². The van der Waals surface area contributed by atoms with Gasteiger partial charge in [-0.2, -0.15) is 0 Å². The largest absolute Gasteiger partial charge is 0.484 e. The first kappa shape index (κ1) is 18.2. The summed E-state index contributed by atoms with van der Waals surface area (Å²) < 4.78 is 5.52. The smallest absolute Gasteiger partial charge is 0.260 e. The van der Waals surface area contributed by atoms with Gasteiger partial charge < -0.3 is 14.5 Å². The first-order valence-corrected chi connectivity index (χ1v) is 8.87. The van der Waals surface area contributed by atoms with Crippen molar-refractivity contribution in [1.29, 1.82) is 0 Å². The van der Waals surface area contributed by atoms with E-state index in [0.717, 1.165) is 6.42 Å². The molecule has 3 rings (SSSR count). The molecule has 1 saturated heterocycles. The first-order valence-electron chi connectivity index (χ1n) is 8.49. The molecule has 2 aromatic rings. The zero-order valence-electron chi connectivity index (χ0n) is 14.3. The van der Waals surface area contributed by atoms with Gasteiger partial charge in [0.05, 0.1) is 5.56 Å². The minimum absolute atomic E-state index is 0.0296. The van der Waals surface area contributed by atoms with Crippen LogP contribution in [0.3, 0.4) is 0 Å². The Kier molecular flexibility index (Phi) is 6.07. The van der Waals surface area contributed by atoms with Crippen LogP contribution in [0.15, 0.2) is 48.8 Å². The van der Waals surface area contributed by atoms with Crippen molar-refractivity contribution in [3.8, 4) is 5.75 Å². The third-order valence-corrected chi connectivity index (χ3v) is 4.47. The van der Waals surface area contributed by atoms with Crippen LogP contribution in [0.5, 0.6) is 5.75 Å². The maximum Gasteiger partial charge on any atom is 0.260 e. The molecule has 0 aliphatic carbocycles. The number of nitrogens with zero attached hydrogens (tertiary/aromatic N) is 3. The molecule has 0 saturated carbocycles. The van der Waals surface area contributed by atoms with Gasteiger partial charge in [0.25, 0.3) is 11.8 Å². The number of carbonyl (C=O) groups is 2. The Morgan fingerprint density at radius 2 is 1.77 bits per heavy atom. The predicted octanol–water partition coefficient (Wildman–Crippen LogP) is 2.49. The van der Waals surface area contributed by atoms with Crippen LogP contribution >= 0.6 is 11.6 Å². The molecule has 1 aliphatic heterocycles. The molecule has 1 fully saturated rings. The molecule has 0 unspecified atom stereocenters. The van der Waals surface area contributed by atoms with E-state index in [1.54, 1.807) is 58.6 Å². The number of carbonyl (C=O) groups excluding carboxylic acids is 2. The second kappa shape index (κ2) is 8.67. The standard InChI is InChI=1S/C19H20ClN3O3/c20-16-4-6-17(7-5-16)26-14-18(24)22-9-2-10-23(12-11-22)19(25)15-3-1-8-21-13-15/h1,3-8,13H,2,9-12,14H2. The molecular weight excluding hydrogens is 354 g/mol. The molecule has 1 aliphatic rings. The molecule has 26 heavy (non-hydrogen) atoms. The van der Waals surface area contributed by atoms with Gasteiger partial charge >= 0.3 is 0 Å². The number of pyridine rings is 1. The summed E-state index contributed by atoms with van der Waals surface area (Å²) in [5.41, 5.74) is 0.568. The van der Waals surface area contributed by atoms with Crippen LogP contribution in [0.4, 0.5) is 0 Å². The highest BCUT2D eigenvalue weighted by atomic mass is 35.5. The zero-order valence-corrected chi connectivity index (χ0v) is 15.1. The Balaban J connectivity index is 1.52. The van der Waals surface area contributed by atoms with E-state index < -0.39 is 0 Å². The molecule has 2 heterocycles. The second-order valence-corrected chi connectivity index (χ2v) is 6.45. The number of ether oxygens (including phenoxy) is 1. The van der Waals surface area contributed by atoms with Crippen molar-refractivity contribution in [3.63, 3.8) is 0 Å². The minimum atomic E-state index is -0.0874. The quantitative estimate of drug-likeness (QED) is 0.826. The number of hydrogen-bond donors (Lipinski definition) is 0. The van der Waals surface area contributed by atoms with E-state index >= 15 is 0 Å². The molecule has 0 spiro atoms. The van der Waals surface area contributed by atoms with Gasteiger partial charge in [-0.15, -0.1) is 0 Å². The lowest BCUT2D eigenvalue weighted by Gasteiger charge is -2.22. The topological polar surface area (TPSA) is 62.7 Å². The summed E-state index contributed by atoms with van der Waals surface area (Å²) in [5, 5.41) is 0.620. The Morgan fingerprint density at radius 3 is 2.50 bits per heavy atom. The molecular formula is C19H20ClN3O3. The van der Waals surface area contributed by atoms with Crippen LogP contribution < -0.4 is 4.74 Å². The fourth-order valence-electron chi connectivity index (χ4n) is 2.81. The molecule has 0 radical (unpaired) electrons. The summed E-state index contributed by atoms with van der Waals surface area (Å²) in [6.45, 7) is 2.20. The van der Waals surface area contributed by atoms with Crippen LogP contribution in [-0.2, 0) is 4.79 Å². The summed E-state index contributed by atoms with van der Waals surface area (Å²) in [6, 6.07) is 10.4. The predicted molar refractivity (Wildman–Crippen MR) is 98.3 cm³/mol. The number of amides is 2. The van der Waals surface area contributed by atoms with Gasteiger partial charge in [-0.05, 0) is 42.8 Å². The third-order valence-electron chi connectivity index (χ3n) is 4.22. The average Bonchev–Trinajstić information content (AvgIpc) is 2.94. The molecule has 136 valence electrons. The lowest BCUT2D eigenvalue weighted by molar-refractivity contribution is -0.133. The average molecular weight is 374 g/mol. The van der Waals surface area contributed by atoms with Crippen molar-refractivity contribution in [2.75, 3.05) is 32.8 Å². The molecule has 6 nitrogen and oxygen atoms in total. The summed E-state index contributed by atoms with van der Waals surface area (Å²) in [5.74, 6) is 0.464. The van der Waals surface area contributed by atoms with Crippen LogP contribution in [0.25, 0.3) is 0 Å². The SMILES string of the molecule is O=C(COc1ccc(Cl)cc1)N1CCCN(C(=O)c2cccnc2)CC1. The van der Waals surface area contributed by atoms with Gasteiger partial charge in [-0.3, -0.25) is 14.6 Å². The van der Waals surface area contributed by atoms with Crippen molar-refractivity contribution in [3.05, 3.63) is 59.4 Å². The van der Waals surface area contributed by atoms with E-state index in [2.05, 4.69) is 4.98 Å². The molecule has 0 atom stereocenters. The molecule has 1 aromatic heterocycles. The van der Waals surface area contributed by atoms with Crippen LogP contribution in [-0.4, -0.2) is 59.4 Å². The van der Waals surface area contributed by atoms with Crippen LogP contribution in [0.2, 0.25) is 5.02 Å². The number of aromatic nitrogens is 1.